The van der Waals surface area contributed by atoms with E-state index in [0.717, 1.165) is 11.1 Å². The number of fused-ring (bicyclic) bond motifs is 1. The van der Waals surface area contributed by atoms with E-state index in [2.05, 4.69) is 0 Å². The van der Waals surface area contributed by atoms with Gasteiger partial charge in [-0.15, -0.1) is 12.4 Å². The molecule has 0 atom stereocenters. The molecule has 0 aliphatic carbocycles. The van der Waals surface area contributed by atoms with Gasteiger partial charge in [-0.05, 0) is 17.7 Å². The quantitative estimate of drug-likeness (QED) is 0.639. The third kappa shape index (κ3) is 1.47. The van der Waals surface area contributed by atoms with E-state index in [-0.39, 0.29) is 18.3 Å². The lowest BCUT2D eigenvalue weighted by Gasteiger charge is -2.04. The van der Waals surface area contributed by atoms with E-state index >= 15 is 0 Å². The molecule has 0 fully saturated rings. The molecule has 0 unspecified atom stereocenters. The second kappa shape index (κ2) is 3.26. The van der Waals surface area contributed by atoms with Gasteiger partial charge in [0.05, 0.1) is 0 Å². The van der Waals surface area contributed by atoms with Gasteiger partial charge in [0.2, 0.25) is 0 Å². The number of hydrogen-bond acceptors (Lipinski definition) is 2. The van der Waals surface area contributed by atoms with Crippen LogP contribution in [0.1, 0.15) is 15.9 Å². The van der Waals surface area contributed by atoms with Crippen molar-refractivity contribution in [2.45, 2.75) is 6.54 Å². The SMILES string of the molecule is CN1Cc2ccc(N)cc2C1=O.Cl. The third-order valence-electron chi connectivity index (χ3n) is 2.12. The molecule has 0 spiro atoms. The van der Waals surface area contributed by atoms with Crippen molar-refractivity contribution in [3.8, 4) is 0 Å². The van der Waals surface area contributed by atoms with Crippen LogP contribution < -0.4 is 5.73 Å². The second-order valence-electron chi connectivity index (χ2n) is 3.08. The number of nitrogens with zero attached hydrogens (tertiary/aromatic N) is 1. The highest BCUT2D eigenvalue weighted by atomic mass is 35.5. The molecule has 0 bridgehead atoms. The minimum absolute atomic E-state index is 0. The molecule has 0 radical (unpaired) electrons. The lowest BCUT2D eigenvalue weighted by molar-refractivity contribution is 0.0816. The maximum atomic E-state index is 11.4. The number of carbonyl (C=O) groups is 1. The lowest BCUT2D eigenvalue weighted by atomic mass is 10.1. The molecule has 0 aromatic heterocycles. The number of carbonyl (C=O) groups excluding carboxylic acids is 1. The summed E-state index contributed by atoms with van der Waals surface area (Å²) in [6, 6.07) is 5.47. The molecular weight excluding hydrogens is 188 g/mol. The molecule has 13 heavy (non-hydrogen) atoms. The van der Waals surface area contributed by atoms with E-state index in [1.54, 1.807) is 18.0 Å². The van der Waals surface area contributed by atoms with Crippen LogP contribution in [0.5, 0.6) is 0 Å². The van der Waals surface area contributed by atoms with Gasteiger partial charge in [-0.25, -0.2) is 0 Å². The van der Waals surface area contributed by atoms with E-state index in [0.29, 0.717) is 12.2 Å². The van der Waals surface area contributed by atoms with Crippen molar-refractivity contribution in [1.82, 2.24) is 4.90 Å². The molecule has 1 aromatic rings. The number of amides is 1. The molecule has 2 rings (SSSR count). The van der Waals surface area contributed by atoms with Gasteiger partial charge in [-0.2, -0.15) is 0 Å². The third-order valence-corrected chi connectivity index (χ3v) is 2.12. The van der Waals surface area contributed by atoms with Crippen molar-refractivity contribution >= 4 is 24.0 Å². The summed E-state index contributed by atoms with van der Waals surface area (Å²) in [7, 11) is 1.79. The first-order chi connectivity index (χ1) is 5.68. The minimum atomic E-state index is 0. The summed E-state index contributed by atoms with van der Waals surface area (Å²) < 4.78 is 0. The Morgan fingerprint density at radius 1 is 1.46 bits per heavy atom. The highest BCUT2D eigenvalue weighted by Crippen LogP contribution is 2.22. The van der Waals surface area contributed by atoms with Gasteiger partial charge in [0.1, 0.15) is 0 Å². The summed E-state index contributed by atoms with van der Waals surface area (Å²) in [5.74, 6) is 0.0669. The molecular formula is C9H11ClN2O. The van der Waals surface area contributed by atoms with Crippen LogP contribution in [-0.4, -0.2) is 17.9 Å². The molecule has 1 aliphatic rings. The number of rotatable bonds is 0. The fourth-order valence-corrected chi connectivity index (χ4v) is 1.46. The summed E-state index contributed by atoms with van der Waals surface area (Å²) in [4.78, 5) is 13.1. The van der Waals surface area contributed by atoms with E-state index in [4.69, 9.17) is 5.73 Å². The summed E-state index contributed by atoms with van der Waals surface area (Å²) in [6.45, 7) is 0.703. The number of halogens is 1. The van der Waals surface area contributed by atoms with Gasteiger partial charge in [0.25, 0.3) is 5.91 Å². The number of nitrogens with two attached hydrogens (primary N) is 1. The van der Waals surface area contributed by atoms with Crippen molar-refractivity contribution in [2.24, 2.45) is 0 Å². The molecule has 0 saturated carbocycles. The largest absolute Gasteiger partial charge is 0.399 e. The van der Waals surface area contributed by atoms with Gasteiger partial charge < -0.3 is 10.6 Å². The Labute approximate surface area is 82.9 Å². The molecule has 4 heteroatoms. The molecule has 3 nitrogen and oxygen atoms in total. The monoisotopic (exact) mass is 198 g/mol. The van der Waals surface area contributed by atoms with Crippen LogP contribution in [0.15, 0.2) is 18.2 Å². The summed E-state index contributed by atoms with van der Waals surface area (Å²) >= 11 is 0. The smallest absolute Gasteiger partial charge is 0.254 e. The van der Waals surface area contributed by atoms with Gasteiger partial charge in [0, 0.05) is 24.8 Å². The van der Waals surface area contributed by atoms with Crippen molar-refractivity contribution in [1.29, 1.82) is 0 Å². The Morgan fingerprint density at radius 3 is 2.85 bits per heavy atom. The Bertz CT molecular complexity index is 351. The topological polar surface area (TPSA) is 46.3 Å². The minimum Gasteiger partial charge on any atom is -0.399 e. The Morgan fingerprint density at radius 2 is 2.15 bits per heavy atom. The average molecular weight is 199 g/mol. The van der Waals surface area contributed by atoms with Crippen molar-refractivity contribution < 1.29 is 4.79 Å². The maximum Gasteiger partial charge on any atom is 0.254 e. The van der Waals surface area contributed by atoms with Crippen LogP contribution >= 0.6 is 12.4 Å². The van der Waals surface area contributed by atoms with Crippen molar-refractivity contribution in [3.63, 3.8) is 0 Å². The molecule has 1 heterocycles. The highest BCUT2D eigenvalue weighted by Gasteiger charge is 2.23. The van der Waals surface area contributed by atoms with Gasteiger partial charge >= 0.3 is 0 Å². The molecule has 70 valence electrons. The first kappa shape index (κ1) is 9.86. The maximum absolute atomic E-state index is 11.4. The van der Waals surface area contributed by atoms with Crippen LogP contribution in [0.25, 0.3) is 0 Å². The standard InChI is InChI=1S/C9H10N2O.ClH/c1-11-5-6-2-3-7(10)4-8(6)9(11)12;/h2-4H,5,10H2,1H3;1H. The van der Waals surface area contributed by atoms with Gasteiger partial charge in [-0.3, -0.25) is 4.79 Å². The van der Waals surface area contributed by atoms with Crippen LogP contribution in [0, 0.1) is 0 Å². The number of anilines is 1. The Kier molecular flexibility index (Phi) is 2.48. The lowest BCUT2D eigenvalue weighted by Crippen LogP contribution is -2.17. The second-order valence-corrected chi connectivity index (χ2v) is 3.08. The predicted molar refractivity (Wildman–Crippen MR) is 53.9 cm³/mol. The van der Waals surface area contributed by atoms with E-state index in [9.17, 15) is 4.79 Å². The van der Waals surface area contributed by atoms with Crippen LogP contribution in [0.2, 0.25) is 0 Å². The summed E-state index contributed by atoms with van der Waals surface area (Å²) in [5.41, 5.74) is 8.03. The zero-order valence-electron chi connectivity index (χ0n) is 7.28. The Balaban J connectivity index is 0.000000845. The van der Waals surface area contributed by atoms with Crippen molar-refractivity contribution in [3.05, 3.63) is 29.3 Å². The normalized spacial score (nSPS) is 13.9. The first-order valence-electron chi connectivity index (χ1n) is 3.82. The summed E-state index contributed by atoms with van der Waals surface area (Å²) in [5, 5.41) is 0. The fraction of sp³-hybridized carbons (Fsp3) is 0.222. The van der Waals surface area contributed by atoms with Crippen LogP contribution in [0.3, 0.4) is 0 Å². The number of nitrogen functional groups attached to an aromatic ring is 1. The molecule has 1 aromatic carbocycles. The molecule has 1 aliphatic heterocycles. The Hall–Kier alpha value is -1.22. The molecule has 2 N–H and O–H groups in total. The van der Waals surface area contributed by atoms with E-state index in [1.165, 1.54) is 0 Å². The average Bonchev–Trinajstić information content (AvgIpc) is 2.31. The van der Waals surface area contributed by atoms with Crippen LogP contribution in [-0.2, 0) is 6.54 Å². The van der Waals surface area contributed by atoms with Gasteiger partial charge in [0.15, 0.2) is 0 Å². The highest BCUT2D eigenvalue weighted by molar-refractivity contribution is 5.98. The number of benzene rings is 1. The van der Waals surface area contributed by atoms with Crippen LogP contribution in [0.4, 0.5) is 5.69 Å². The predicted octanol–water partition coefficient (Wildman–Crippen LogP) is 1.28. The fourth-order valence-electron chi connectivity index (χ4n) is 1.46. The van der Waals surface area contributed by atoms with E-state index in [1.807, 2.05) is 12.1 Å². The van der Waals surface area contributed by atoms with Crippen molar-refractivity contribution in [2.75, 3.05) is 12.8 Å². The zero-order valence-corrected chi connectivity index (χ0v) is 8.10. The molecule has 1 amide bonds. The summed E-state index contributed by atoms with van der Waals surface area (Å²) in [6.07, 6.45) is 0. The van der Waals surface area contributed by atoms with E-state index < -0.39 is 0 Å². The molecule has 0 saturated heterocycles. The zero-order chi connectivity index (χ0) is 8.72. The first-order valence-corrected chi connectivity index (χ1v) is 3.82. The number of hydrogen-bond donors (Lipinski definition) is 1. The van der Waals surface area contributed by atoms with Gasteiger partial charge in [-0.1, -0.05) is 6.07 Å².